The van der Waals surface area contributed by atoms with E-state index in [0.29, 0.717) is 25.6 Å². The van der Waals surface area contributed by atoms with Crippen molar-refractivity contribution >= 4 is 10.2 Å². The van der Waals surface area contributed by atoms with Crippen molar-refractivity contribution < 1.29 is 13.2 Å². The molecule has 8 heteroatoms. The van der Waals surface area contributed by atoms with Crippen LogP contribution in [-0.4, -0.2) is 60.4 Å². The van der Waals surface area contributed by atoms with Gasteiger partial charge in [0.1, 0.15) is 0 Å². The van der Waals surface area contributed by atoms with Gasteiger partial charge in [-0.1, -0.05) is 12.8 Å². The fourth-order valence-corrected chi connectivity index (χ4v) is 4.91. The van der Waals surface area contributed by atoms with Crippen molar-refractivity contribution in [3.63, 3.8) is 0 Å². The fourth-order valence-electron chi connectivity index (χ4n) is 3.79. The smallest absolute Gasteiger partial charge is 0.281 e. The van der Waals surface area contributed by atoms with Crippen molar-refractivity contribution in [3.05, 3.63) is 17.7 Å². The lowest BCUT2D eigenvalue weighted by Crippen LogP contribution is -2.45. The summed E-state index contributed by atoms with van der Waals surface area (Å²) in [6.07, 6.45) is 6.88. The first-order valence-corrected chi connectivity index (χ1v) is 10.0. The highest BCUT2D eigenvalue weighted by Gasteiger charge is 2.36. The zero-order chi connectivity index (χ0) is 17.3. The third kappa shape index (κ3) is 3.51. The van der Waals surface area contributed by atoms with Gasteiger partial charge in [-0.15, -0.1) is 0 Å². The van der Waals surface area contributed by atoms with Gasteiger partial charge in [0.2, 0.25) is 0 Å². The molecule has 1 aromatic rings. The number of hydrogen-bond donors (Lipinski definition) is 0. The quantitative estimate of drug-likeness (QED) is 0.771. The van der Waals surface area contributed by atoms with E-state index < -0.39 is 10.2 Å². The van der Waals surface area contributed by atoms with E-state index in [2.05, 4.69) is 4.98 Å². The van der Waals surface area contributed by atoms with Crippen LogP contribution in [0.4, 0.5) is 0 Å². The van der Waals surface area contributed by atoms with E-state index in [0.717, 1.165) is 18.0 Å². The van der Waals surface area contributed by atoms with Gasteiger partial charge >= 0.3 is 0 Å². The number of nitrogens with zero attached hydrogens (tertiary/aromatic N) is 4. The first-order valence-electron chi connectivity index (χ1n) is 8.65. The van der Waals surface area contributed by atoms with Crippen molar-refractivity contribution in [1.82, 2.24) is 18.2 Å². The average molecular weight is 356 g/mol. The molecule has 1 saturated carbocycles. The van der Waals surface area contributed by atoms with E-state index in [9.17, 15) is 8.42 Å². The fraction of sp³-hybridized carbons (Fsp3) is 0.812. The Morgan fingerprint density at radius 1 is 1.29 bits per heavy atom. The van der Waals surface area contributed by atoms with Crippen LogP contribution >= 0.6 is 0 Å². The minimum absolute atomic E-state index is 0.0254. The molecule has 0 aromatic carbocycles. The van der Waals surface area contributed by atoms with Gasteiger partial charge in [-0.2, -0.15) is 17.0 Å². The Morgan fingerprint density at radius 2 is 2.00 bits per heavy atom. The highest BCUT2D eigenvalue weighted by Crippen LogP contribution is 2.30. The Bertz CT molecular complexity index is 665. The van der Waals surface area contributed by atoms with Crippen molar-refractivity contribution in [2.45, 2.75) is 38.1 Å². The zero-order valence-electron chi connectivity index (χ0n) is 14.8. The molecule has 24 heavy (non-hydrogen) atoms. The zero-order valence-corrected chi connectivity index (χ0v) is 15.6. The van der Waals surface area contributed by atoms with Crippen LogP contribution in [0.25, 0.3) is 0 Å². The Hall–Kier alpha value is -0.960. The lowest BCUT2D eigenvalue weighted by molar-refractivity contribution is 0.0805. The Labute approximate surface area is 144 Å². The van der Waals surface area contributed by atoms with E-state index in [1.165, 1.54) is 34.3 Å². The summed E-state index contributed by atoms with van der Waals surface area (Å²) in [7, 11) is 1.65. The van der Waals surface area contributed by atoms with Crippen molar-refractivity contribution in [2.24, 2.45) is 13.0 Å². The Morgan fingerprint density at radius 3 is 2.67 bits per heavy atom. The summed E-state index contributed by atoms with van der Waals surface area (Å²) >= 11 is 0. The van der Waals surface area contributed by atoms with Gasteiger partial charge in [-0.05, 0) is 18.8 Å². The van der Waals surface area contributed by atoms with Gasteiger partial charge in [0.25, 0.3) is 10.2 Å². The molecule has 3 rings (SSSR count). The maximum atomic E-state index is 12.5. The third-order valence-corrected chi connectivity index (χ3v) is 6.99. The molecule has 0 amide bonds. The molecule has 0 spiro atoms. The van der Waals surface area contributed by atoms with Gasteiger partial charge in [-0.3, -0.25) is 0 Å². The van der Waals surface area contributed by atoms with Gasteiger partial charge < -0.3 is 9.30 Å². The number of aromatic nitrogens is 2. The lowest BCUT2D eigenvalue weighted by Gasteiger charge is -2.33. The van der Waals surface area contributed by atoms with Crippen LogP contribution in [0.15, 0.2) is 6.33 Å². The molecule has 0 radical (unpaired) electrons. The third-order valence-electron chi connectivity index (χ3n) is 5.13. The minimum Gasteiger partial charge on any atom is -0.380 e. The molecule has 136 valence electrons. The predicted molar refractivity (Wildman–Crippen MR) is 91.7 cm³/mol. The summed E-state index contributed by atoms with van der Waals surface area (Å²) in [5.74, 6) is 0.693. The second kappa shape index (κ2) is 7.11. The average Bonchev–Trinajstić information content (AvgIpc) is 3.17. The number of aryl methyl sites for hydroxylation is 1. The maximum absolute atomic E-state index is 12.5. The number of rotatable bonds is 6. The van der Waals surface area contributed by atoms with Crippen LogP contribution in [0, 0.1) is 5.92 Å². The van der Waals surface area contributed by atoms with E-state index in [1.807, 2.05) is 11.6 Å². The van der Waals surface area contributed by atoms with Crippen LogP contribution in [0.3, 0.4) is 0 Å². The largest absolute Gasteiger partial charge is 0.380 e. The van der Waals surface area contributed by atoms with Gasteiger partial charge in [0.15, 0.2) is 0 Å². The minimum atomic E-state index is -3.45. The molecule has 0 bridgehead atoms. The Kier molecular flexibility index (Phi) is 5.29. The van der Waals surface area contributed by atoms with Crippen LogP contribution in [0.1, 0.15) is 43.0 Å². The molecule has 0 unspecified atom stereocenters. The van der Waals surface area contributed by atoms with Crippen LogP contribution < -0.4 is 0 Å². The highest BCUT2D eigenvalue weighted by atomic mass is 32.2. The van der Waals surface area contributed by atoms with Crippen molar-refractivity contribution in [2.75, 3.05) is 33.9 Å². The summed E-state index contributed by atoms with van der Waals surface area (Å²) in [5.41, 5.74) is 1.94. The molecule has 1 fully saturated rings. The molecule has 0 saturated heterocycles. The predicted octanol–water partition coefficient (Wildman–Crippen LogP) is 1.33. The topological polar surface area (TPSA) is 67.7 Å². The molecule has 1 aliphatic heterocycles. The van der Waals surface area contributed by atoms with Crippen molar-refractivity contribution in [3.8, 4) is 0 Å². The SMILES string of the molecule is CN(C)S(=O)(=O)N1Cc2ncn(C)c2[C@@H](COCC2CCCC2)C1. The summed E-state index contributed by atoms with van der Waals surface area (Å²) in [4.78, 5) is 4.40. The van der Waals surface area contributed by atoms with Crippen LogP contribution in [0.5, 0.6) is 0 Å². The van der Waals surface area contributed by atoms with Gasteiger partial charge in [0.05, 0.1) is 25.2 Å². The second-order valence-corrected chi connectivity index (χ2v) is 9.30. The first-order chi connectivity index (χ1) is 11.4. The van der Waals surface area contributed by atoms with Gasteiger partial charge in [0, 0.05) is 45.9 Å². The molecule has 1 aliphatic carbocycles. The second-order valence-electron chi connectivity index (χ2n) is 7.15. The van der Waals surface area contributed by atoms with Crippen molar-refractivity contribution in [1.29, 1.82) is 0 Å². The number of hydrogen-bond acceptors (Lipinski definition) is 4. The normalized spacial score (nSPS) is 23.1. The number of imidazole rings is 1. The molecule has 1 atom stereocenters. The summed E-state index contributed by atoms with van der Waals surface area (Å²) in [5, 5.41) is 0. The molecule has 0 N–H and O–H groups in total. The highest BCUT2D eigenvalue weighted by molar-refractivity contribution is 7.86. The molecule has 7 nitrogen and oxygen atoms in total. The van der Waals surface area contributed by atoms with Crippen LogP contribution in [-0.2, 0) is 28.5 Å². The van der Waals surface area contributed by atoms with Crippen LogP contribution in [0.2, 0.25) is 0 Å². The summed E-state index contributed by atoms with van der Waals surface area (Å²) < 4.78 is 35.8. The molecule has 2 heterocycles. The monoisotopic (exact) mass is 356 g/mol. The van der Waals surface area contributed by atoms with E-state index in [4.69, 9.17) is 4.74 Å². The van der Waals surface area contributed by atoms with E-state index in [-0.39, 0.29) is 5.92 Å². The lowest BCUT2D eigenvalue weighted by atomic mass is 10.0. The standard InChI is InChI=1S/C16H28N4O3S/c1-18(2)24(21,22)20-8-14(11-23-10-13-6-4-5-7-13)16-15(9-20)17-12-19(16)3/h12-14H,4-11H2,1-3H3/t14-/m1/s1. The maximum Gasteiger partial charge on any atom is 0.281 e. The molecule has 2 aliphatic rings. The molecule has 1 aromatic heterocycles. The first kappa shape index (κ1) is 17.8. The summed E-state index contributed by atoms with van der Waals surface area (Å²) in [6, 6.07) is 0. The van der Waals surface area contributed by atoms with E-state index in [1.54, 1.807) is 20.4 Å². The Balaban J connectivity index is 1.72. The van der Waals surface area contributed by atoms with Gasteiger partial charge in [-0.25, -0.2) is 4.98 Å². The summed E-state index contributed by atoms with van der Waals surface area (Å²) in [6.45, 7) is 2.10. The number of ether oxygens (including phenoxy) is 1. The van der Waals surface area contributed by atoms with E-state index >= 15 is 0 Å². The molecular formula is C16H28N4O3S. The number of fused-ring (bicyclic) bond motifs is 1. The molecular weight excluding hydrogens is 328 g/mol.